The van der Waals surface area contributed by atoms with Crippen molar-refractivity contribution in [1.29, 1.82) is 0 Å². The maximum absolute atomic E-state index is 13.6. The van der Waals surface area contributed by atoms with Crippen molar-refractivity contribution in [2.45, 2.75) is 6.92 Å². The van der Waals surface area contributed by atoms with E-state index in [1.165, 1.54) is 7.11 Å². The van der Waals surface area contributed by atoms with Crippen molar-refractivity contribution >= 4 is 28.8 Å². The monoisotopic (exact) mass is 444 g/mol. The molecule has 7 heteroatoms. The zero-order valence-electron chi connectivity index (χ0n) is 18.6. The van der Waals surface area contributed by atoms with Gasteiger partial charge in [0, 0.05) is 5.56 Å². The van der Waals surface area contributed by atoms with Crippen molar-refractivity contribution < 1.29 is 23.8 Å². The van der Waals surface area contributed by atoms with Crippen LogP contribution in [0.25, 0.3) is 5.57 Å². The summed E-state index contributed by atoms with van der Waals surface area (Å²) in [5, 5.41) is 3.16. The predicted molar refractivity (Wildman–Crippen MR) is 127 cm³/mol. The Morgan fingerprint density at radius 1 is 0.788 bits per heavy atom. The Morgan fingerprint density at radius 3 is 2.12 bits per heavy atom. The van der Waals surface area contributed by atoms with Crippen LogP contribution in [0.2, 0.25) is 0 Å². The number of ether oxygens (including phenoxy) is 3. The summed E-state index contributed by atoms with van der Waals surface area (Å²) in [6.07, 6.45) is 0. The average Bonchev–Trinajstić information content (AvgIpc) is 3.09. The highest BCUT2D eigenvalue weighted by molar-refractivity contribution is 6.46. The van der Waals surface area contributed by atoms with Crippen LogP contribution in [0, 0.1) is 0 Å². The maximum atomic E-state index is 13.6. The molecule has 0 unspecified atom stereocenters. The molecule has 0 spiro atoms. The highest BCUT2D eigenvalue weighted by Crippen LogP contribution is 2.38. The van der Waals surface area contributed by atoms with Gasteiger partial charge in [-0.1, -0.05) is 30.3 Å². The molecule has 3 aromatic rings. The lowest BCUT2D eigenvalue weighted by molar-refractivity contribution is -0.120. The molecule has 2 amide bonds. The molecule has 0 saturated carbocycles. The minimum absolute atomic E-state index is 0.146. The highest BCUT2D eigenvalue weighted by Gasteiger charge is 2.41. The van der Waals surface area contributed by atoms with Crippen molar-refractivity contribution in [3.63, 3.8) is 0 Å². The Balaban J connectivity index is 1.84. The molecule has 0 aliphatic carbocycles. The van der Waals surface area contributed by atoms with Crippen LogP contribution in [0.15, 0.2) is 78.5 Å². The Bertz CT molecular complexity index is 1220. The van der Waals surface area contributed by atoms with Crippen LogP contribution < -0.4 is 24.4 Å². The second-order valence-electron chi connectivity index (χ2n) is 7.15. The number of nitrogens with zero attached hydrogens (tertiary/aromatic N) is 1. The second kappa shape index (κ2) is 9.48. The highest BCUT2D eigenvalue weighted by atomic mass is 16.5. The van der Waals surface area contributed by atoms with E-state index in [0.29, 0.717) is 40.8 Å². The second-order valence-corrected chi connectivity index (χ2v) is 7.15. The van der Waals surface area contributed by atoms with Crippen LogP contribution in [0.4, 0.5) is 11.4 Å². The SMILES string of the molecule is CCOc1ccccc1NC1=C(c2ccccc2OC)C(=O)N(c2ccc(OC)cc2)C1=O. The number of benzene rings is 3. The number of hydrogen-bond donors (Lipinski definition) is 1. The van der Waals surface area contributed by atoms with Gasteiger partial charge in [-0.05, 0) is 49.4 Å². The summed E-state index contributed by atoms with van der Waals surface area (Å²) in [6.45, 7) is 2.34. The molecule has 1 aliphatic heterocycles. The number of para-hydroxylation sites is 3. The number of hydrogen-bond acceptors (Lipinski definition) is 6. The lowest BCUT2D eigenvalue weighted by Crippen LogP contribution is -2.32. The van der Waals surface area contributed by atoms with E-state index in [4.69, 9.17) is 14.2 Å². The molecular formula is C26H24N2O5. The molecule has 0 aromatic heterocycles. The molecule has 0 fully saturated rings. The van der Waals surface area contributed by atoms with Gasteiger partial charge >= 0.3 is 0 Å². The fraction of sp³-hybridized carbons (Fsp3) is 0.154. The van der Waals surface area contributed by atoms with E-state index in [1.54, 1.807) is 61.7 Å². The zero-order valence-corrected chi connectivity index (χ0v) is 18.6. The Labute approximate surface area is 192 Å². The summed E-state index contributed by atoms with van der Waals surface area (Å²) in [5.41, 5.74) is 1.91. The summed E-state index contributed by atoms with van der Waals surface area (Å²) in [5.74, 6) is 0.765. The van der Waals surface area contributed by atoms with Crippen molar-refractivity contribution in [2.24, 2.45) is 0 Å². The van der Waals surface area contributed by atoms with Crippen LogP contribution in [0.3, 0.4) is 0 Å². The number of carbonyl (C=O) groups excluding carboxylic acids is 2. The normalized spacial score (nSPS) is 13.4. The first-order valence-corrected chi connectivity index (χ1v) is 10.5. The van der Waals surface area contributed by atoms with E-state index in [9.17, 15) is 9.59 Å². The molecule has 0 radical (unpaired) electrons. The zero-order chi connectivity index (χ0) is 23.4. The van der Waals surface area contributed by atoms with Crippen molar-refractivity contribution in [1.82, 2.24) is 0 Å². The molecule has 1 aliphatic rings. The number of methoxy groups -OCH3 is 2. The third-order valence-corrected chi connectivity index (χ3v) is 5.24. The summed E-state index contributed by atoms with van der Waals surface area (Å²) < 4.78 is 16.4. The third kappa shape index (κ3) is 4.13. The van der Waals surface area contributed by atoms with Crippen LogP contribution in [-0.4, -0.2) is 32.6 Å². The molecule has 0 atom stereocenters. The van der Waals surface area contributed by atoms with Gasteiger partial charge in [0.05, 0.1) is 37.8 Å². The molecule has 0 saturated heterocycles. The standard InChI is InChI=1S/C26H24N2O5/c1-4-33-22-12-8-6-10-20(22)27-24-23(19-9-5-7-11-21(19)32-3)25(29)28(26(24)30)17-13-15-18(31-2)16-14-17/h5-16,27H,4H2,1-3H3. The largest absolute Gasteiger partial charge is 0.497 e. The third-order valence-electron chi connectivity index (χ3n) is 5.24. The van der Waals surface area contributed by atoms with E-state index in [2.05, 4.69) is 5.32 Å². The fourth-order valence-electron chi connectivity index (χ4n) is 3.70. The van der Waals surface area contributed by atoms with E-state index >= 15 is 0 Å². The number of imide groups is 1. The number of anilines is 2. The molecule has 1 N–H and O–H groups in total. The summed E-state index contributed by atoms with van der Waals surface area (Å²) in [7, 11) is 3.08. The first-order chi connectivity index (χ1) is 16.1. The van der Waals surface area contributed by atoms with Crippen LogP contribution in [0.1, 0.15) is 12.5 Å². The molecule has 7 nitrogen and oxygen atoms in total. The molecule has 4 rings (SSSR count). The Hall–Kier alpha value is -4.26. The number of amides is 2. The molecule has 33 heavy (non-hydrogen) atoms. The minimum atomic E-state index is -0.475. The lowest BCUT2D eigenvalue weighted by atomic mass is 10.0. The topological polar surface area (TPSA) is 77.1 Å². The van der Waals surface area contributed by atoms with Gasteiger partial charge < -0.3 is 19.5 Å². The Morgan fingerprint density at radius 2 is 1.45 bits per heavy atom. The minimum Gasteiger partial charge on any atom is -0.497 e. The van der Waals surface area contributed by atoms with E-state index in [0.717, 1.165) is 4.90 Å². The number of carbonyl (C=O) groups is 2. The van der Waals surface area contributed by atoms with Crippen molar-refractivity contribution in [3.05, 3.63) is 84.1 Å². The Kier molecular flexibility index (Phi) is 6.31. The van der Waals surface area contributed by atoms with Gasteiger partial charge in [0.25, 0.3) is 11.8 Å². The number of rotatable bonds is 8. The van der Waals surface area contributed by atoms with Gasteiger partial charge in [0.2, 0.25) is 0 Å². The maximum Gasteiger partial charge on any atom is 0.282 e. The van der Waals surface area contributed by atoms with Gasteiger partial charge in [-0.3, -0.25) is 9.59 Å². The first-order valence-electron chi connectivity index (χ1n) is 10.5. The summed E-state index contributed by atoms with van der Waals surface area (Å²) in [6, 6.07) is 21.1. The van der Waals surface area contributed by atoms with E-state index in [-0.39, 0.29) is 11.3 Å². The van der Waals surface area contributed by atoms with Gasteiger partial charge in [-0.2, -0.15) is 0 Å². The molecule has 3 aromatic carbocycles. The van der Waals surface area contributed by atoms with Gasteiger partial charge in [-0.15, -0.1) is 0 Å². The number of nitrogens with one attached hydrogen (secondary N) is 1. The summed E-state index contributed by atoms with van der Waals surface area (Å²) in [4.78, 5) is 28.4. The van der Waals surface area contributed by atoms with Gasteiger partial charge in [0.15, 0.2) is 0 Å². The van der Waals surface area contributed by atoms with Gasteiger partial charge in [-0.25, -0.2) is 4.90 Å². The van der Waals surface area contributed by atoms with E-state index in [1.807, 2.05) is 25.1 Å². The smallest absolute Gasteiger partial charge is 0.282 e. The van der Waals surface area contributed by atoms with Crippen LogP contribution in [0.5, 0.6) is 17.2 Å². The summed E-state index contributed by atoms with van der Waals surface area (Å²) >= 11 is 0. The fourth-order valence-corrected chi connectivity index (χ4v) is 3.70. The van der Waals surface area contributed by atoms with Gasteiger partial charge in [0.1, 0.15) is 22.9 Å². The molecular weight excluding hydrogens is 420 g/mol. The quantitative estimate of drug-likeness (QED) is 0.516. The molecule has 168 valence electrons. The molecule has 0 bridgehead atoms. The van der Waals surface area contributed by atoms with E-state index < -0.39 is 11.8 Å². The lowest BCUT2D eigenvalue weighted by Gasteiger charge is -2.16. The average molecular weight is 444 g/mol. The van der Waals surface area contributed by atoms with Crippen LogP contribution in [-0.2, 0) is 9.59 Å². The van der Waals surface area contributed by atoms with Crippen LogP contribution >= 0.6 is 0 Å². The van der Waals surface area contributed by atoms with Crippen molar-refractivity contribution in [2.75, 3.05) is 31.0 Å². The predicted octanol–water partition coefficient (Wildman–Crippen LogP) is 4.50. The molecule has 1 heterocycles. The van der Waals surface area contributed by atoms with Crippen molar-refractivity contribution in [3.8, 4) is 17.2 Å². The first kappa shape index (κ1) is 22.0.